The van der Waals surface area contributed by atoms with Crippen LogP contribution in [0.1, 0.15) is 29.6 Å². The Kier molecular flexibility index (Phi) is 3.45. The van der Waals surface area contributed by atoms with Gasteiger partial charge in [-0.05, 0) is 31.4 Å². The molecule has 1 aliphatic rings. The molecule has 1 aliphatic carbocycles. The van der Waals surface area contributed by atoms with Gasteiger partial charge < -0.3 is 10.4 Å². The van der Waals surface area contributed by atoms with Crippen LogP contribution in [0.5, 0.6) is 0 Å². The molecule has 1 fully saturated rings. The molecule has 18 heavy (non-hydrogen) atoms. The summed E-state index contributed by atoms with van der Waals surface area (Å²) >= 11 is 11.4. The Labute approximate surface area is 113 Å². The minimum absolute atomic E-state index is 0.0886. The number of hydrogen-bond acceptors (Lipinski definition) is 3. The molecule has 0 saturated heterocycles. The van der Waals surface area contributed by atoms with Gasteiger partial charge in [-0.1, -0.05) is 23.2 Å². The highest BCUT2D eigenvalue weighted by Crippen LogP contribution is 2.32. The summed E-state index contributed by atoms with van der Waals surface area (Å²) in [6.07, 6.45) is 1.64. The molecule has 0 spiro atoms. The maximum Gasteiger partial charge on any atom is 0.329 e. The molecule has 1 saturated carbocycles. The molecule has 1 aromatic rings. The second-order valence-electron chi connectivity index (χ2n) is 4.20. The van der Waals surface area contributed by atoms with E-state index >= 15 is 0 Å². The summed E-state index contributed by atoms with van der Waals surface area (Å²) in [4.78, 5) is 26.8. The van der Waals surface area contributed by atoms with Gasteiger partial charge in [0.1, 0.15) is 15.8 Å². The molecular formula is C11H10Cl2N2O3. The second kappa shape index (κ2) is 4.74. The number of carbonyl (C=O) groups is 2. The van der Waals surface area contributed by atoms with Crippen LogP contribution in [0.3, 0.4) is 0 Å². The van der Waals surface area contributed by atoms with Gasteiger partial charge in [0.2, 0.25) is 0 Å². The van der Waals surface area contributed by atoms with Crippen LogP contribution in [0.4, 0.5) is 0 Å². The first kappa shape index (κ1) is 13.1. The van der Waals surface area contributed by atoms with Crippen molar-refractivity contribution in [1.29, 1.82) is 0 Å². The molecule has 7 heteroatoms. The number of nitrogens with one attached hydrogen (secondary N) is 1. The van der Waals surface area contributed by atoms with Gasteiger partial charge in [0.15, 0.2) is 0 Å². The SMILES string of the molecule is O=C(NC1(C(=O)O)CCC1)c1cc(Cl)nc(Cl)c1. The zero-order valence-corrected chi connectivity index (χ0v) is 10.8. The topological polar surface area (TPSA) is 79.3 Å². The summed E-state index contributed by atoms with van der Waals surface area (Å²) in [6.45, 7) is 0. The highest BCUT2D eigenvalue weighted by Gasteiger charge is 2.45. The first-order chi connectivity index (χ1) is 8.43. The monoisotopic (exact) mass is 288 g/mol. The molecule has 0 aromatic carbocycles. The van der Waals surface area contributed by atoms with E-state index in [-0.39, 0.29) is 15.9 Å². The maximum absolute atomic E-state index is 11.9. The van der Waals surface area contributed by atoms with E-state index in [1.165, 1.54) is 12.1 Å². The fraction of sp³-hybridized carbons (Fsp3) is 0.364. The minimum atomic E-state index is -1.15. The van der Waals surface area contributed by atoms with Crippen molar-refractivity contribution in [1.82, 2.24) is 10.3 Å². The largest absolute Gasteiger partial charge is 0.480 e. The van der Waals surface area contributed by atoms with E-state index in [1.54, 1.807) is 0 Å². The number of rotatable bonds is 3. The second-order valence-corrected chi connectivity index (χ2v) is 4.97. The Morgan fingerprint density at radius 2 is 1.83 bits per heavy atom. The van der Waals surface area contributed by atoms with Crippen molar-refractivity contribution in [3.05, 3.63) is 28.0 Å². The van der Waals surface area contributed by atoms with E-state index in [2.05, 4.69) is 10.3 Å². The number of halogens is 2. The summed E-state index contributed by atoms with van der Waals surface area (Å²) in [5.41, 5.74) is -0.952. The smallest absolute Gasteiger partial charge is 0.329 e. The van der Waals surface area contributed by atoms with Crippen LogP contribution in [0.2, 0.25) is 10.3 Å². The van der Waals surface area contributed by atoms with Crippen LogP contribution in [-0.4, -0.2) is 27.5 Å². The predicted molar refractivity (Wildman–Crippen MR) is 65.9 cm³/mol. The van der Waals surface area contributed by atoms with Crippen molar-refractivity contribution >= 4 is 35.1 Å². The van der Waals surface area contributed by atoms with Crippen LogP contribution in [0, 0.1) is 0 Å². The molecule has 0 bridgehead atoms. The summed E-state index contributed by atoms with van der Waals surface area (Å²) in [6, 6.07) is 2.69. The van der Waals surface area contributed by atoms with Crippen molar-refractivity contribution in [2.75, 3.05) is 0 Å². The summed E-state index contributed by atoms with van der Waals surface area (Å²) in [7, 11) is 0. The van der Waals surface area contributed by atoms with Gasteiger partial charge in [-0.2, -0.15) is 0 Å². The Morgan fingerprint density at radius 3 is 2.22 bits per heavy atom. The lowest BCUT2D eigenvalue weighted by Gasteiger charge is -2.38. The molecule has 2 N–H and O–H groups in total. The fourth-order valence-electron chi connectivity index (χ4n) is 1.81. The van der Waals surface area contributed by atoms with Crippen molar-refractivity contribution in [3.8, 4) is 0 Å². The number of hydrogen-bond donors (Lipinski definition) is 2. The average molecular weight is 289 g/mol. The number of carboxylic acid groups (broad SMARTS) is 1. The van der Waals surface area contributed by atoms with Gasteiger partial charge in [0.05, 0.1) is 0 Å². The number of aliphatic carboxylic acids is 1. The summed E-state index contributed by atoms with van der Waals surface area (Å²) in [5, 5.41) is 11.8. The lowest BCUT2D eigenvalue weighted by atomic mass is 9.76. The molecule has 1 heterocycles. The predicted octanol–water partition coefficient (Wildman–Crippen LogP) is 2.13. The number of nitrogens with zero attached hydrogens (tertiary/aromatic N) is 1. The zero-order chi connectivity index (χ0) is 13.3. The minimum Gasteiger partial charge on any atom is -0.480 e. The third kappa shape index (κ3) is 2.42. The molecular weight excluding hydrogens is 279 g/mol. The van der Waals surface area contributed by atoms with Gasteiger partial charge in [-0.15, -0.1) is 0 Å². The Bertz CT molecular complexity index is 495. The molecule has 96 valence electrons. The van der Waals surface area contributed by atoms with Crippen molar-refractivity contribution in [3.63, 3.8) is 0 Å². The van der Waals surface area contributed by atoms with Crippen LogP contribution in [0.15, 0.2) is 12.1 Å². The van der Waals surface area contributed by atoms with Crippen LogP contribution >= 0.6 is 23.2 Å². The molecule has 0 atom stereocenters. The number of amides is 1. The molecule has 1 amide bonds. The number of pyridine rings is 1. The molecule has 2 rings (SSSR count). The van der Waals surface area contributed by atoms with Crippen LogP contribution in [0.25, 0.3) is 0 Å². The van der Waals surface area contributed by atoms with Crippen LogP contribution in [-0.2, 0) is 4.79 Å². The number of carboxylic acids is 1. The average Bonchev–Trinajstić information content (AvgIpc) is 2.21. The van der Waals surface area contributed by atoms with Crippen molar-refractivity contribution in [2.45, 2.75) is 24.8 Å². The lowest BCUT2D eigenvalue weighted by molar-refractivity contribution is -0.148. The quantitative estimate of drug-likeness (QED) is 0.835. The normalized spacial score (nSPS) is 16.8. The first-order valence-electron chi connectivity index (χ1n) is 5.32. The zero-order valence-electron chi connectivity index (χ0n) is 9.24. The maximum atomic E-state index is 11.9. The molecule has 0 aliphatic heterocycles. The molecule has 0 unspecified atom stereocenters. The van der Waals surface area contributed by atoms with Gasteiger partial charge in [-0.25, -0.2) is 9.78 Å². The molecule has 5 nitrogen and oxygen atoms in total. The number of carbonyl (C=O) groups excluding carboxylic acids is 1. The summed E-state index contributed by atoms with van der Waals surface area (Å²) in [5.74, 6) is -1.53. The lowest BCUT2D eigenvalue weighted by Crippen LogP contribution is -2.59. The standard InChI is InChI=1S/C11H10Cl2N2O3/c12-7-4-6(5-8(13)14-7)9(16)15-11(10(17)18)2-1-3-11/h4-5H,1-3H2,(H,15,16)(H,17,18). The van der Waals surface area contributed by atoms with Crippen LogP contribution < -0.4 is 5.32 Å². The Balaban J connectivity index is 2.19. The van der Waals surface area contributed by atoms with E-state index in [4.69, 9.17) is 28.3 Å². The Morgan fingerprint density at radius 1 is 1.28 bits per heavy atom. The summed E-state index contributed by atoms with van der Waals surface area (Å²) < 4.78 is 0. The van der Waals surface area contributed by atoms with Crippen molar-refractivity contribution in [2.24, 2.45) is 0 Å². The van der Waals surface area contributed by atoms with E-state index in [0.717, 1.165) is 6.42 Å². The van der Waals surface area contributed by atoms with E-state index in [0.29, 0.717) is 12.8 Å². The molecule has 1 aromatic heterocycles. The van der Waals surface area contributed by atoms with Gasteiger partial charge in [-0.3, -0.25) is 4.79 Å². The third-order valence-electron chi connectivity index (χ3n) is 2.99. The van der Waals surface area contributed by atoms with Crippen molar-refractivity contribution < 1.29 is 14.7 Å². The fourth-order valence-corrected chi connectivity index (χ4v) is 2.27. The van der Waals surface area contributed by atoms with E-state index in [9.17, 15) is 9.59 Å². The van der Waals surface area contributed by atoms with E-state index in [1.807, 2.05) is 0 Å². The highest BCUT2D eigenvalue weighted by molar-refractivity contribution is 6.33. The van der Waals surface area contributed by atoms with Gasteiger partial charge >= 0.3 is 5.97 Å². The number of aromatic nitrogens is 1. The van der Waals surface area contributed by atoms with Gasteiger partial charge in [0.25, 0.3) is 5.91 Å². The van der Waals surface area contributed by atoms with Gasteiger partial charge in [0, 0.05) is 5.56 Å². The first-order valence-corrected chi connectivity index (χ1v) is 6.07. The molecule has 0 radical (unpaired) electrons. The third-order valence-corrected chi connectivity index (χ3v) is 3.38. The highest BCUT2D eigenvalue weighted by atomic mass is 35.5. The Hall–Kier alpha value is -1.33. The van der Waals surface area contributed by atoms with E-state index < -0.39 is 17.4 Å².